The summed E-state index contributed by atoms with van der Waals surface area (Å²) in [6.45, 7) is 6.71. The lowest BCUT2D eigenvalue weighted by Gasteiger charge is -2.19. The van der Waals surface area contributed by atoms with Gasteiger partial charge >= 0.3 is 0 Å². The summed E-state index contributed by atoms with van der Waals surface area (Å²) in [6.07, 6.45) is 0. The molecule has 1 atom stereocenters. The fourth-order valence-electron chi connectivity index (χ4n) is 1.58. The van der Waals surface area contributed by atoms with E-state index in [-0.39, 0.29) is 12.5 Å². The summed E-state index contributed by atoms with van der Waals surface area (Å²) >= 11 is 0. The van der Waals surface area contributed by atoms with Gasteiger partial charge < -0.3 is 10.6 Å². The Morgan fingerprint density at radius 2 is 1.81 bits per heavy atom. The van der Waals surface area contributed by atoms with Gasteiger partial charge in [0.15, 0.2) is 11.6 Å². The molecule has 0 heterocycles. The van der Waals surface area contributed by atoms with E-state index in [1.54, 1.807) is 27.7 Å². The highest BCUT2D eigenvalue weighted by molar-refractivity contribution is 5.87. The van der Waals surface area contributed by atoms with Crippen molar-refractivity contribution in [1.29, 1.82) is 0 Å². The maximum atomic E-state index is 13.1. The predicted octanol–water partition coefficient (Wildman–Crippen LogP) is 2.30. The van der Waals surface area contributed by atoms with E-state index in [0.717, 1.165) is 12.1 Å². The van der Waals surface area contributed by atoms with Crippen LogP contribution in [-0.4, -0.2) is 18.4 Å². The Labute approximate surface area is 122 Å². The van der Waals surface area contributed by atoms with E-state index in [9.17, 15) is 18.4 Å². The highest BCUT2D eigenvalue weighted by Crippen LogP contribution is 2.16. The van der Waals surface area contributed by atoms with Gasteiger partial charge in [-0.25, -0.2) is 8.78 Å². The van der Waals surface area contributed by atoms with Crippen LogP contribution in [0.2, 0.25) is 0 Å². The van der Waals surface area contributed by atoms with Crippen LogP contribution >= 0.6 is 0 Å². The molecule has 0 radical (unpaired) electrons. The summed E-state index contributed by atoms with van der Waals surface area (Å²) in [5.41, 5.74) is -0.129. The molecule has 0 spiro atoms. The maximum absolute atomic E-state index is 13.1. The molecule has 0 aliphatic rings. The zero-order valence-electron chi connectivity index (χ0n) is 12.6. The fraction of sp³-hybridized carbons (Fsp3) is 0.467. The monoisotopic (exact) mass is 298 g/mol. The Morgan fingerprint density at radius 3 is 2.33 bits per heavy atom. The molecule has 1 aromatic rings. The van der Waals surface area contributed by atoms with E-state index in [1.807, 2.05) is 0 Å². The van der Waals surface area contributed by atoms with Crippen molar-refractivity contribution in [2.24, 2.45) is 5.41 Å². The number of hydrogen-bond acceptors (Lipinski definition) is 2. The molecule has 116 valence electrons. The van der Waals surface area contributed by atoms with Gasteiger partial charge in [0.05, 0.1) is 12.6 Å². The van der Waals surface area contributed by atoms with Gasteiger partial charge in [0, 0.05) is 5.41 Å². The summed E-state index contributed by atoms with van der Waals surface area (Å²) in [5, 5.41) is 5.12. The molecule has 0 saturated carbocycles. The normalized spacial score (nSPS) is 12.7. The number of hydrogen-bond donors (Lipinski definition) is 2. The lowest BCUT2D eigenvalue weighted by atomic mass is 9.96. The van der Waals surface area contributed by atoms with Gasteiger partial charge in [-0.3, -0.25) is 9.59 Å². The first-order chi connectivity index (χ1) is 9.61. The largest absolute Gasteiger partial charge is 0.348 e. The van der Waals surface area contributed by atoms with Gasteiger partial charge in [-0.2, -0.15) is 0 Å². The smallest absolute Gasteiger partial charge is 0.239 e. The van der Waals surface area contributed by atoms with Crippen LogP contribution in [0.25, 0.3) is 0 Å². The average Bonchev–Trinajstić information content (AvgIpc) is 2.37. The summed E-state index contributed by atoms with van der Waals surface area (Å²) in [7, 11) is 0. The summed E-state index contributed by atoms with van der Waals surface area (Å²) in [6, 6.07) is 2.96. The van der Waals surface area contributed by atoms with Gasteiger partial charge in [0.25, 0.3) is 0 Å². The van der Waals surface area contributed by atoms with Crippen LogP contribution in [0.1, 0.15) is 39.3 Å². The third-order valence-electron chi connectivity index (χ3n) is 2.91. The zero-order valence-corrected chi connectivity index (χ0v) is 12.6. The van der Waals surface area contributed by atoms with Crippen LogP contribution in [0.4, 0.5) is 8.78 Å². The molecule has 0 fully saturated rings. The summed E-state index contributed by atoms with van der Waals surface area (Å²) in [4.78, 5) is 23.3. The van der Waals surface area contributed by atoms with Crippen molar-refractivity contribution in [3.05, 3.63) is 35.4 Å². The number of carbonyl (C=O) groups is 2. The Kier molecular flexibility index (Phi) is 5.41. The van der Waals surface area contributed by atoms with Gasteiger partial charge in [-0.05, 0) is 24.6 Å². The topological polar surface area (TPSA) is 58.2 Å². The molecular weight excluding hydrogens is 278 g/mol. The number of rotatable bonds is 4. The minimum Gasteiger partial charge on any atom is -0.348 e. The number of amides is 2. The van der Waals surface area contributed by atoms with E-state index in [0.29, 0.717) is 5.56 Å². The number of nitrogens with one attached hydrogen (secondary N) is 2. The standard InChI is InChI=1S/C15H20F2N2O2/c1-9(10-5-6-11(16)12(17)7-10)19-13(20)8-18-14(21)15(2,3)4/h5-7,9H,8H2,1-4H3,(H,18,21)(H,19,20). The van der Waals surface area contributed by atoms with E-state index in [4.69, 9.17) is 0 Å². The third kappa shape index (κ3) is 5.13. The quantitative estimate of drug-likeness (QED) is 0.896. The highest BCUT2D eigenvalue weighted by atomic mass is 19.2. The highest BCUT2D eigenvalue weighted by Gasteiger charge is 2.21. The van der Waals surface area contributed by atoms with E-state index in [1.165, 1.54) is 6.07 Å². The van der Waals surface area contributed by atoms with Crippen LogP contribution < -0.4 is 10.6 Å². The summed E-state index contributed by atoms with van der Waals surface area (Å²) < 4.78 is 26.0. The first kappa shape index (κ1) is 17.1. The maximum Gasteiger partial charge on any atom is 0.239 e. The van der Waals surface area contributed by atoms with Crippen molar-refractivity contribution in [1.82, 2.24) is 10.6 Å². The molecule has 4 nitrogen and oxygen atoms in total. The second kappa shape index (κ2) is 6.65. The molecular formula is C15H20F2N2O2. The summed E-state index contributed by atoms with van der Waals surface area (Å²) in [5.74, 6) is -2.53. The molecule has 1 aromatic carbocycles. The van der Waals surface area contributed by atoms with E-state index in [2.05, 4.69) is 10.6 Å². The van der Waals surface area contributed by atoms with Crippen molar-refractivity contribution < 1.29 is 18.4 Å². The molecule has 6 heteroatoms. The van der Waals surface area contributed by atoms with Crippen LogP contribution in [0, 0.1) is 17.0 Å². The Bertz CT molecular complexity index is 539. The SMILES string of the molecule is CC(NC(=O)CNC(=O)C(C)(C)C)c1ccc(F)c(F)c1. The Balaban J connectivity index is 2.54. The first-order valence-corrected chi connectivity index (χ1v) is 6.64. The van der Waals surface area contributed by atoms with Crippen molar-refractivity contribution in [3.63, 3.8) is 0 Å². The number of benzene rings is 1. The minimum absolute atomic E-state index is 0.163. The fourth-order valence-corrected chi connectivity index (χ4v) is 1.58. The molecule has 0 aromatic heterocycles. The minimum atomic E-state index is -0.963. The molecule has 1 rings (SSSR count). The van der Waals surface area contributed by atoms with Gasteiger partial charge in [-0.1, -0.05) is 26.8 Å². The van der Waals surface area contributed by atoms with Gasteiger partial charge in [0.1, 0.15) is 0 Å². The number of halogens is 2. The third-order valence-corrected chi connectivity index (χ3v) is 2.91. The van der Waals surface area contributed by atoms with Crippen molar-refractivity contribution in [2.45, 2.75) is 33.7 Å². The zero-order chi connectivity index (χ0) is 16.2. The van der Waals surface area contributed by atoms with Crippen molar-refractivity contribution in [2.75, 3.05) is 6.54 Å². The number of carbonyl (C=O) groups excluding carboxylic acids is 2. The molecule has 2 N–H and O–H groups in total. The van der Waals surface area contributed by atoms with Gasteiger partial charge in [-0.15, -0.1) is 0 Å². The van der Waals surface area contributed by atoms with Crippen LogP contribution in [0.15, 0.2) is 18.2 Å². The van der Waals surface area contributed by atoms with Crippen LogP contribution in [0.3, 0.4) is 0 Å². The molecule has 0 bridgehead atoms. The molecule has 21 heavy (non-hydrogen) atoms. The molecule has 1 unspecified atom stereocenters. The molecule has 0 aliphatic heterocycles. The lowest BCUT2D eigenvalue weighted by Crippen LogP contribution is -2.42. The molecule has 0 saturated heterocycles. The Hall–Kier alpha value is -1.98. The second-order valence-electron chi connectivity index (χ2n) is 5.90. The van der Waals surface area contributed by atoms with Crippen molar-refractivity contribution >= 4 is 11.8 Å². The first-order valence-electron chi connectivity index (χ1n) is 6.64. The Morgan fingerprint density at radius 1 is 1.19 bits per heavy atom. The second-order valence-corrected chi connectivity index (χ2v) is 5.90. The molecule has 0 aliphatic carbocycles. The molecule has 2 amide bonds. The van der Waals surface area contributed by atoms with E-state index >= 15 is 0 Å². The average molecular weight is 298 g/mol. The van der Waals surface area contributed by atoms with E-state index < -0.39 is 29.0 Å². The van der Waals surface area contributed by atoms with Crippen LogP contribution in [-0.2, 0) is 9.59 Å². The van der Waals surface area contributed by atoms with Crippen LogP contribution in [0.5, 0.6) is 0 Å². The van der Waals surface area contributed by atoms with Gasteiger partial charge in [0.2, 0.25) is 11.8 Å². The predicted molar refractivity (Wildman–Crippen MR) is 75.4 cm³/mol. The lowest BCUT2D eigenvalue weighted by molar-refractivity contribution is -0.131. The van der Waals surface area contributed by atoms with Crippen molar-refractivity contribution in [3.8, 4) is 0 Å².